The predicted molar refractivity (Wildman–Crippen MR) is 80.6 cm³/mol. The van der Waals surface area contributed by atoms with E-state index in [0.717, 1.165) is 12.3 Å². The molecule has 0 aromatic carbocycles. The van der Waals surface area contributed by atoms with Gasteiger partial charge in [-0.05, 0) is 19.1 Å². The van der Waals surface area contributed by atoms with E-state index >= 15 is 0 Å². The van der Waals surface area contributed by atoms with Gasteiger partial charge >= 0.3 is 0 Å². The molecule has 0 bridgehead atoms. The third kappa shape index (κ3) is 3.14. The molecule has 0 radical (unpaired) electrons. The van der Waals surface area contributed by atoms with E-state index in [2.05, 4.69) is 30.7 Å². The Morgan fingerprint density at radius 3 is 3.15 bits per heavy atom. The summed E-state index contributed by atoms with van der Waals surface area (Å²) in [6, 6.07) is 3.69. The van der Waals surface area contributed by atoms with Crippen molar-refractivity contribution in [2.24, 2.45) is 0 Å². The number of hydrogen-bond donors (Lipinski definition) is 1. The molecule has 1 saturated heterocycles. The lowest BCUT2D eigenvalue weighted by Gasteiger charge is -2.37. The van der Waals surface area contributed by atoms with Crippen molar-refractivity contribution in [3.05, 3.63) is 29.6 Å². The summed E-state index contributed by atoms with van der Waals surface area (Å²) in [5.41, 5.74) is 0.948. The highest BCUT2D eigenvalue weighted by Gasteiger charge is 2.30. The molecule has 0 aliphatic carbocycles. The van der Waals surface area contributed by atoms with E-state index in [9.17, 15) is 4.79 Å². The average Bonchev–Trinajstić information content (AvgIpc) is 2.47. The fourth-order valence-corrected chi connectivity index (χ4v) is 3.27. The van der Waals surface area contributed by atoms with Crippen LogP contribution in [0.1, 0.15) is 29.9 Å². The van der Waals surface area contributed by atoms with Gasteiger partial charge < -0.3 is 10.0 Å². The Balaban J connectivity index is 2.29. The number of nitrogens with zero attached hydrogens (tertiary/aromatic N) is 2. The first kappa shape index (κ1) is 14.9. The Kier molecular flexibility index (Phi) is 5.05. The molecule has 1 aromatic heterocycles. The SMILES string of the molecule is CC1SCCN(C(=O)c2ncccc2C#CCO)C1C. The average molecular weight is 290 g/mol. The number of carbonyl (C=O) groups excluding carboxylic acids is 1. The maximum absolute atomic E-state index is 12.7. The first-order valence-electron chi connectivity index (χ1n) is 6.62. The lowest BCUT2D eigenvalue weighted by Crippen LogP contribution is -2.48. The third-order valence-electron chi connectivity index (χ3n) is 3.46. The summed E-state index contributed by atoms with van der Waals surface area (Å²) >= 11 is 1.89. The lowest BCUT2D eigenvalue weighted by molar-refractivity contribution is 0.0692. The normalized spacial score (nSPS) is 22.1. The van der Waals surface area contributed by atoms with E-state index in [1.165, 1.54) is 0 Å². The zero-order valence-electron chi connectivity index (χ0n) is 11.7. The maximum Gasteiger partial charge on any atom is 0.274 e. The maximum atomic E-state index is 12.7. The third-order valence-corrected chi connectivity index (χ3v) is 4.80. The summed E-state index contributed by atoms with van der Waals surface area (Å²) in [5.74, 6) is 6.24. The topological polar surface area (TPSA) is 53.4 Å². The fourth-order valence-electron chi connectivity index (χ4n) is 2.17. The van der Waals surface area contributed by atoms with Gasteiger partial charge in [0.15, 0.2) is 0 Å². The summed E-state index contributed by atoms with van der Waals surface area (Å²) in [5, 5.41) is 9.21. The van der Waals surface area contributed by atoms with Crippen LogP contribution in [0.3, 0.4) is 0 Å². The van der Waals surface area contributed by atoms with E-state index in [4.69, 9.17) is 5.11 Å². The number of thioether (sulfide) groups is 1. The van der Waals surface area contributed by atoms with Crippen molar-refractivity contribution in [1.29, 1.82) is 0 Å². The van der Waals surface area contributed by atoms with Crippen molar-refractivity contribution in [3.8, 4) is 11.8 Å². The van der Waals surface area contributed by atoms with Crippen LogP contribution in [0.15, 0.2) is 18.3 Å². The summed E-state index contributed by atoms with van der Waals surface area (Å²) in [6.45, 7) is 4.71. The first-order chi connectivity index (χ1) is 9.65. The number of aromatic nitrogens is 1. The minimum absolute atomic E-state index is 0.0764. The molecule has 5 heteroatoms. The van der Waals surface area contributed by atoms with Gasteiger partial charge in [0, 0.05) is 29.8 Å². The van der Waals surface area contributed by atoms with E-state index in [1.54, 1.807) is 18.3 Å². The molecule has 2 unspecified atom stereocenters. The van der Waals surface area contributed by atoms with Gasteiger partial charge in [0.1, 0.15) is 12.3 Å². The molecular formula is C15H18N2O2S. The molecule has 106 valence electrons. The Morgan fingerprint density at radius 1 is 1.60 bits per heavy atom. The number of hydrogen-bond acceptors (Lipinski definition) is 4. The standard InChI is InChI=1S/C15H18N2O2S/c1-11-12(2)20-10-8-17(11)15(19)14-13(6-4-9-18)5-3-7-16-14/h3,5,7,11-12,18H,8-10H2,1-2H3. The van der Waals surface area contributed by atoms with Crippen LogP contribution < -0.4 is 0 Å². The molecule has 4 nitrogen and oxygen atoms in total. The van der Waals surface area contributed by atoms with Gasteiger partial charge in [-0.2, -0.15) is 11.8 Å². The summed E-state index contributed by atoms with van der Waals surface area (Å²) in [7, 11) is 0. The number of carbonyl (C=O) groups is 1. The van der Waals surface area contributed by atoms with Gasteiger partial charge in [0.05, 0.1) is 5.56 Å². The molecule has 1 aliphatic heterocycles. The Morgan fingerprint density at radius 2 is 2.40 bits per heavy atom. The predicted octanol–water partition coefficient (Wildman–Crippen LogP) is 1.39. The molecule has 2 rings (SSSR count). The van der Waals surface area contributed by atoms with Gasteiger partial charge in [-0.25, -0.2) is 4.98 Å². The van der Waals surface area contributed by atoms with Crippen molar-refractivity contribution in [2.75, 3.05) is 18.9 Å². The zero-order chi connectivity index (χ0) is 14.5. The molecular weight excluding hydrogens is 272 g/mol. The van der Waals surface area contributed by atoms with E-state index in [0.29, 0.717) is 16.5 Å². The number of aliphatic hydroxyl groups excluding tert-OH is 1. The van der Waals surface area contributed by atoms with E-state index in [1.807, 2.05) is 16.7 Å². The quantitative estimate of drug-likeness (QED) is 0.794. The van der Waals surface area contributed by atoms with Gasteiger partial charge in [-0.3, -0.25) is 4.79 Å². The number of pyridine rings is 1. The number of amides is 1. The second-order valence-electron chi connectivity index (χ2n) is 4.67. The minimum atomic E-state index is -0.226. The second kappa shape index (κ2) is 6.78. The van der Waals surface area contributed by atoms with E-state index < -0.39 is 0 Å². The highest BCUT2D eigenvalue weighted by Crippen LogP contribution is 2.25. The number of rotatable bonds is 1. The second-order valence-corrected chi connectivity index (χ2v) is 6.16. The summed E-state index contributed by atoms with van der Waals surface area (Å²) in [6.07, 6.45) is 1.60. The van der Waals surface area contributed by atoms with Crippen molar-refractivity contribution < 1.29 is 9.90 Å². The Labute approximate surface area is 123 Å². The molecule has 1 aliphatic rings. The molecule has 1 fully saturated rings. The van der Waals surface area contributed by atoms with Crippen molar-refractivity contribution in [3.63, 3.8) is 0 Å². The lowest BCUT2D eigenvalue weighted by atomic mass is 10.1. The van der Waals surface area contributed by atoms with Crippen LogP contribution in [-0.2, 0) is 0 Å². The molecule has 0 saturated carbocycles. The summed E-state index contributed by atoms with van der Waals surface area (Å²) in [4.78, 5) is 18.7. The Bertz CT molecular complexity index is 550. The van der Waals surface area contributed by atoms with Crippen LogP contribution in [0.2, 0.25) is 0 Å². The number of aliphatic hydroxyl groups is 1. The first-order valence-corrected chi connectivity index (χ1v) is 7.67. The van der Waals surface area contributed by atoms with Gasteiger partial charge in [0.2, 0.25) is 0 Å². The summed E-state index contributed by atoms with van der Waals surface area (Å²) < 4.78 is 0. The Hall–Kier alpha value is -1.51. The largest absolute Gasteiger partial charge is 0.384 e. The zero-order valence-corrected chi connectivity index (χ0v) is 12.5. The minimum Gasteiger partial charge on any atom is -0.384 e. The van der Waals surface area contributed by atoms with Crippen LogP contribution in [0.4, 0.5) is 0 Å². The molecule has 2 atom stereocenters. The van der Waals surface area contributed by atoms with E-state index in [-0.39, 0.29) is 18.6 Å². The van der Waals surface area contributed by atoms with Crippen LogP contribution in [0.5, 0.6) is 0 Å². The molecule has 20 heavy (non-hydrogen) atoms. The molecule has 2 heterocycles. The van der Waals surface area contributed by atoms with Crippen LogP contribution >= 0.6 is 11.8 Å². The highest BCUT2D eigenvalue weighted by molar-refractivity contribution is 8.00. The van der Waals surface area contributed by atoms with Crippen molar-refractivity contribution >= 4 is 17.7 Å². The monoisotopic (exact) mass is 290 g/mol. The van der Waals surface area contributed by atoms with Crippen molar-refractivity contribution in [2.45, 2.75) is 25.1 Å². The smallest absolute Gasteiger partial charge is 0.274 e. The highest BCUT2D eigenvalue weighted by atomic mass is 32.2. The molecule has 0 spiro atoms. The molecule has 1 N–H and O–H groups in total. The van der Waals surface area contributed by atoms with Crippen LogP contribution in [-0.4, -0.2) is 51.1 Å². The van der Waals surface area contributed by atoms with Crippen molar-refractivity contribution in [1.82, 2.24) is 9.88 Å². The van der Waals surface area contributed by atoms with Crippen LogP contribution in [0.25, 0.3) is 0 Å². The van der Waals surface area contributed by atoms with Gasteiger partial charge in [-0.15, -0.1) is 0 Å². The fraction of sp³-hybridized carbons (Fsp3) is 0.467. The molecule has 1 aromatic rings. The van der Waals surface area contributed by atoms with Crippen LogP contribution in [0, 0.1) is 11.8 Å². The van der Waals surface area contributed by atoms with Gasteiger partial charge in [-0.1, -0.05) is 18.8 Å². The van der Waals surface area contributed by atoms with Gasteiger partial charge in [0.25, 0.3) is 5.91 Å². The molecule has 1 amide bonds.